The maximum atomic E-state index is 4.28. The summed E-state index contributed by atoms with van der Waals surface area (Å²) in [4.78, 5) is 4.28. The molecule has 0 aromatic heterocycles. The highest BCUT2D eigenvalue weighted by Gasteiger charge is 1.92. The summed E-state index contributed by atoms with van der Waals surface area (Å²) in [5, 5.41) is 2.44. The molecule has 0 saturated carbocycles. The molecule has 1 aliphatic heterocycles. The van der Waals surface area contributed by atoms with Gasteiger partial charge in [0.2, 0.25) is 0 Å². The van der Waals surface area contributed by atoms with Crippen molar-refractivity contribution in [3.63, 3.8) is 0 Å². The van der Waals surface area contributed by atoms with Gasteiger partial charge in [0.25, 0.3) is 0 Å². The molecular formula is C9H9N. The van der Waals surface area contributed by atoms with Crippen LogP contribution in [-0.4, -0.2) is 6.54 Å². The number of fused-ring (bicyclic) bond motifs is 1. The maximum absolute atomic E-state index is 4.28. The number of hydrogen-bond acceptors (Lipinski definition) is 1. The van der Waals surface area contributed by atoms with Crippen LogP contribution in [0.1, 0.15) is 5.56 Å². The van der Waals surface area contributed by atoms with Crippen LogP contribution in [0.4, 0.5) is 0 Å². The number of nitrogens with zero attached hydrogens (tertiary/aromatic N) is 1. The lowest BCUT2D eigenvalue weighted by Gasteiger charge is -1.87. The molecule has 10 heavy (non-hydrogen) atoms. The van der Waals surface area contributed by atoms with Gasteiger partial charge in [0, 0.05) is 0 Å². The fourth-order valence-corrected chi connectivity index (χ4v) is 1.22. The van der Waals surface area contributed by atoms with E-state index >= 15 is 0 Å². The topological polar surface area (TPSA) is 12.4 Å². The number of hydrogen-bond donors (Lipinski definition) is 0. The van der Waals surface area contributed by atoms with Crippen molar-refractivity contribution < 1.29 is 0 Å². The largest absolute Gasteiger partial charge is 0.281 e. The molecular weight excluding hydrogens is 122 g/mol. The van der Waals surface area contributed by atoms with E-state index in [0.717, 1.165) is 11.9 Å². The van der Waals surface area contributed by atoms with Gasteiger partial charge in [0.1, 0.15) is 0 Å². The predicted molar refractivity (Wildman–Crippen MR) is 41.3 cm³/mol. The molecule has 0 atom stereocenters. The first-order valence-corrected chi connectivity index (χ1v) is 3.47. The molecule has 0 spiro atoms. The second-order valence-corrected chi connectivity index (χ2v) is 2.61. The lowest BCUT2D eigenvalue weighted by Crippen LogP contribution is -2.20. The maximum Gasteiger partial charge on any atom is 0.0648 e. The van der Waals surface area contributed by atoms with Crippen LogP contribution in [0.5, 0.6) is 0 Å². The van der Waals surface area contributed by atoms with Crippen LogP contribution in [0.25, 0.3) is 6.08 Å². The van der Waals surface area contributed by atoms with Gasteiger partial charge in [-0.15, -0.1) is 0 Å². The lowest BCUT2D eigenvalue weighted by atomic mass is 10.2. The summed E-state index contributed by atoms with van der Waals surface area (Å²) >= 11 is 0. The molecule has 0 N–H and O–H groups in total. The Morgan fingerprint density at radius 1 is 1.40 bits per heavy atom. The summed E-state index contributed by atoms with van der Waals surface area (Å²) in [5.74, 6) is 0. The van der Waals surface area contributed by atoms with Gasteiger partial charge in [-0.1, -0.05) is 23.8 Å². The number of benzene rings is 1. The highest BCUT2D eigenvalue weighted by atomic mass is 14.7. The molecule has 1 heterocycles. The zero-order valence-electron chi connectivity index (χ0n) is 5.96. The summed E-state index contributed by atoms with van der Waals surface area (Å²) in [6, 6.07) is 6.35. The molecule has 1 heteroatoms. The van der Waals surface area contributed by atoms with Crippen molar-refractivity contribution in [2.24, 2.45) is 4.99 Å². The first-order valence-electron chi connectivity index (χ1n) is 3.47. The highest BCUT2D eigenvalue weighted by Crippen LogP contribution is 1.88. The molecule has 0 unspecified atom stereocenters. The third kappa shape index (κ3) is 0.747. The van der Waals surface area contributed by atoms with E-state index < -0.39 is 0 Å². The lowest BCUT2D eigenvalue weighted by molar-refractivity contribution is 1.22. The van der Waals surface area contributed by atoms with E-state index in [1.54, 1.807) is 0 Å². The second-order valence-electron chi connectivity index (χ2n) is 2.61. The second kappa shape index (κ2) is 1.94. The third-order valence-electron chi connectivity index (χ3n) is 1.76. The molecule has 50 valence electrons. The van der Waals surface area contributed by atoms with E-state index in [9.17, 15) is 0 Å². The molecule has 1 nitrogen and oxygen atoms in total. The van der Waals surface area contributed by atoms with Crippen LogP contribution in [0.3, 0.4) is 0 Å². The van der Waals surface area contributed by atoms with Crippen molar-refractivity contribution in [1.29, 1.82) is 0 Å². The van der Waals surface area contributed by atoms with E-state index in [-0.39, 0.29) is 0 Å². The summed E-state index contributed by atoms with van der Waals surface area (Å²) in [7, 11) is 0. The summed E-state index contributed by atoms with van der Waals surface area (Å²) in [6.45, 7) is 2.96. The van der Waals surface area contributed by atoms with Crippen molar-refractivity contribution >= 4 is 6.08 Å². The smallest absolute Gasteiger partial charge is 0.0648 e. The zero-order chi connectivity index (χ0) is 6.97. The van der Waals surface area contributed by atoms with Gasteiger partial charge in [-0.3, -0.25) is 4.99 Å². The monoisotopic (exact) mass is 131 g/mol. The average molecular weight is 131 g/mol. The Morgan fingerprint density at radius 2 is 2.30 bits per heavy atom. The van der Waals surface area contributed by atoms with E-state index in [2.05, 4.69) is 36.2 Å². The van der Waals surface area contributed by atoms with Gasteiger partial charge in [-0.05, 0) is 18.2 Å². The predicted octanol–water partition coefficient (Wildman–Crippen LogP) is 0.409. The third-order valence-corrected chi connectivity index (χ3v) is 1.76. The highest BCUT2D eigenvalue weighted by molar-refractivity contribution is 5.31. The number of rotatable bonds is 0. The fraction of sp³-hybridized carbons (Fsp3) is 0.222. The fourth-order valence-electron chi connectivity index (χ4n) is 1.22. The van der Waals surface area contributed by atoms with Gasteiger partial charge < -0.3 is 0 Å². The van der Waals surface area contributed by atoms with Crippen molar-refractivity contribution in [2.45, 2.75) is 6.92 Å². The Bertz CT molecular complexity index is 363. The van der Waals surface area contributed by atoms with E-state index in [1.807, 2.05) is 0 Å². The van der Waals surface area contributed by atoms with Crippen molar-refractivity contribution in [2.75, 3.05) is 6.54 Å². The quantitative estimate of drug-likeness (QED) is 0.483. The molecule has 0 saturated heterocycles. The summed E-state index contributed by atoms with van der Waals surface area (Å²) in [6.07, 6.45) is 2.16. The van der Waals surface area contributed by atoms with Crippen LogP contribution in [-0.2, 0) is 0 Å². The van der Waals surface area contributed by atoms with Crippen LogP contribution in [0.2, 0.25) is 0 Å². The molecule has 0 bridgehead atoms. The minimum absolute atomic E-state index is 0.860. The molecule has 2 rings (SSSR count). The first kappa shape index (κ1) is 5.66. The summed E-state index contributed by atoms with van der Waals surface area (Å²) in [5.41, 5.74) is 1.31. The van der Waals surface area contributed by atoms with E-state index in [1.165, 1.54) is 10.8 Å². The molecule has 1 aromatic carbocycles. The molecule has 1 aromatic rings. The molecule has 0 aliphatic carbocycles. The Balaban J connectivity index is 2.88. The molecule has 0 fully saturated rings. The minimum atomic E-state index is 0.860. The SMILES string of the molecule is Cc1ccc2c(c1)=CCN=2. The van der Waals surface area contributed by atoms with E-state index in [4.69, 9.17) is 0 Å². The van der Waals surface area contributed by atoms with Gasteiger partial charge in [-0.2, -0.15) is 0 Å². The van der Waals surface area contributed by atoms with Crippen LogP contribution in [0.15, 0.2) is 23.2 Å². The average Bonchev–Trinajstić information content (AvgIpc) is 2.33. The van der Waals surface area contributed by atoms with Crippen molar-refractivity contribution in [1.82, 2.24) is 0 Å². The van der Waals surface area contributed by atoms with Crippen LogP contribution in [0, 0.1) is 6.92 Å². The summed E-state index contributed by atoms with van der Waals surface area (Å²) < 4.78 is 0. The van der Waals surface area contributed by atoms with Crippen LogP contribution >= 0.6 is 0 Å². The van der Waals surface area contributed by atoms with Gasteiger partial charge in [-0.25, -0.2) is 0 Å². The van der Waals surface area contributed by atoms with E-state index in [0.29, 0.717) is 0 Å². The molecule has 0 radical (unpaired) electrons. The standard InChI is InChI=1S/C9H9N/c1-7-2-3-9-8(6-7)4-5-10-9/h2-4,6H,5H2,1H3. The Morgan fingerprint density at radius 3 is 3.20 bits per heavy atom. The number of aryl methyl sites for hydroxylation is 1. The zero-order valence-corrected chi connectivity index (χ0v) is 5.96. The minimum Gasteiger partial charge on any atom is -0.281 e. The molecule has 1 aliphatic rings. The Labute approximate surface area is 59.7 Å². The van der Waals surface area contributed by atoms with Crippen molar-refractivity contribution in [3.8, 4) is 0 Å². The normalized spacial score (nSPS) is 13.7. The Kier molecular flexibility index (Phi) is 1.10. The first-order chi connectivity index (χ1) is 4.86. The Hall–Kier alpha value is -1.11. The van der Waals surface area contributed by atoms with Crippen LogP contribution < -0.4 is 10.6 Å². The van der Waals surface area contributed by atoms with Gasteiger partial charge in [0.05, 0.1) is 11.9 Å². The van der Waals surface area contributed by atoms with Crippen molar-refractivity contribution in [3.05, 3.63) is 34.3 Å². The van der Waals surface area contributed by atoms with Gasteiger partial charge in [0.15, 0.2) is 0 Å². The molecule has 0 amide bonds. The van der Waals surface area contributed by atoms with Gasteiger partial charge >= 0.3 is 0 Å².